The lowest BCUT2D eigenvalue weighted by molar-refractivity contribution is -0.149. The van der Waals surface area contributed by atoms with Gasteiger partial charge in [-0.15, -0.1) is 0 Å². The SMILES string of the molecule is CO[Si](C)(CCCN(C)C(CC(=O)O)C(=O)O)OC. The molecule has 0 aromatic heterocycles. The molecule has 0 radical (unpaired) electrons. The van der Waals surface area contributed by atoms with Gasteiger partial charge >= 0.3 is 20.5 Å². The molecule has 7 nitrogen and oxygen atoms in total. The van der Waals surface area contributed by atoms with Crippen LogP contribution in [-0.4, -0.2) is 69.5 Å². The Balaban J connectivity index is 4.30. The third-order valence-electron chi connectivity index (χ3n) is 3.19. The van der Waals surface area contributed by atoms with E-state index in [4.69, 9.17) is 19.1 Å². The fraction of sp³-hybridized carbons (Fsp3) is 0.818. The van der Waals surface area contributed by atoms with Crippen molar-refractivity contribution in [3.8, 4) is 0 Å². The molecule has 0 saturated heterocycles. The number of hydrogen-bond acceptors (Lipinski definition) is 5. The first kappa shape index (κ1) is 18.0. The van der Waals surface area contributed by atoms with Crippen LogP contribution >= 0.6 is 0 Å². The van der Waals surface area contributed by atoms with E-state index in [1.807, 2.05) is 6.55 Å². The molecule has 0 aliphatic rings. The lowest BCUT2D eigenvalue weighted by Crippen LogP contribution is -2.42. The minimum Gasteiger partial charge on any atom is -0.481 e. The minimum atomic E-state index is -2.15. The summed E-state index contributed by atoms with van der Waals surface area (Å²) in [5.41, 5.74) is 0. The van der Waals surface area contributed by atoms with Crippen LogP contribution in [0, 0.1) is 0 Å². The Kier molecular flexibility index (Phi) is 7.84. The topological polar surface area (TPSA) is 96.3 Å². The smallest absolute Gasteiger partial charge is 0.334 e. The van der Waals surface area contributed by atoms with E-state index in [1.54, 1.807) is 21.3 Å². The van der Waals surface area contributed by atoms with Gasteiger partial charge in [0.25, 0.3) is 0 Å². The largest absolute Gasteiger partial charge is 0.481 e. The number of aliphatic carboxylic acids is 2. The average Bonchev–Trinajstić information content (AvgIpc) is 2.34. The zero-order valence-electron chi connectivity index (χ0n) is 11.9. The highest BCUT2D eigenvalue weighted by molar-refractivity contribution is 6.65. The molecule has 1 unspecified atom stereocenters. The fourth-order valence-electron chi connectivity index (χ4n) is 1.69. The zero-order valence-corrected chi connectivity index (χ0v) is 12.9. The normalized spacial score (nSPS) is 13.5. The Morgan fingerprint density at radius 2 is 1.79 bits per heavy atom. The lowest BCUT2D eigenvalue weighted by atomic mass is 10.2. The summed E-state index contributed by atoms with van der Waals surface area (Å²) in [5, 5.41) is 17.7. The predicted octanol–water partition coefficient (Wildman–Crippen LogP) is 0.601. The van der Waals surface area contributed by atoms with Crippen molar-refractivity contribution in [2.24, 2.45) is 0 Å². The minimum absolute atomic E-state index is 0.408. The van der Waals surface area contributed by atoms with Gasteiger partial charge in [0.2, 0.25) is 0 Å². The quantitative estimate of drug-likeness (QED) is 0.569. The van der Waals surface area contributed by atoms with Crippen LogP contribution < -0.4 is 0 Å². The summed E-state index contributed by atoms with van der Waals surface area (Å²) in [7, 11) is 2.66. The highest BCUT2D eigenvalue weighted by atomic mass is 28.4. The summed E-state index contributed by atoms with van der Waals surface area (Å²) >= 11 is 0. The molecule has 0 fully saturated rings. The number of hydrogen-bond donors (Lipinski definition) is 2. The number of carbonyl (C=O) groups is 2. The van der Waals surface area contributed by atoms with Gasteiger partial charge in [0.1, 0.15) is 6.04 Å². The molecule has 0 aliphatic heterocycles. The van der Waals surface area contributed by atoms with Gasteiger partial charge in [-0.25, -0.2) is 0 Å². The second-order valence-corrected chi connectivity index (χ2v) is 8.16. The summed E-state index contributed by atoms with van der Waals surface area (Å²) in [6.07, 6.45) is 0.291. The molecule has 0 saturated carbocycles. The van der Waals surface area contributed by atoms with Gasteiger partial charge in [-0.2, -0.15) is 0 Å². The highest BCUT2D eigenvalue weighted by Gasteiger charge is 2.30. The van der Waals surface area contributed by atoms with E-state index in [-0.39, 0.29) is 0 Å². The van der Waals surface area contributed by atoms with Crippen LogP contribution in [0.25, 0.3) is 0 Å². The molecule has 0 spiro atoms. The maximum Gasteiger partial charge on any atom is 0.334 e. The molecule has 1 atom stereocenters. The first-order valence-electron chi connectivity index (χ1n) is 6.01. The predicted molar refractivity (Wildman–Crippen MR) is 71.4 cm³/mol. The van der Waals surface area contributed by atoms with Crippen molar-refractivity contribution in [3.63, 3.8) is 0 Å². The van der Waals surface area contributed by atoms with Gasteiger partial charge in [0.05, 0.1) is 6.42 Å². The molecule has 2 N–H and O–H groups in total. The van der Waals surface area contributed by atoms with Crippen LogP contribution in [0.3, 0.4) is 0 Å². The number of carboxylic acids is 2. The molecule has 0 amide bonds. The molecular weight excluding hydrogens is 270 g/mol. The first-order valence-corrected chi connectivity index (χ1v) is 8.53. The Morgan fingerprint density at radius 3 is 2.16 bits per heavy atom. The summed E-state index contributed by atoms with van der Waals surface area (Å²) in [6.45, 7) is 2.42. The van der Waals surface area contributed by atoms with Crippen LogP contribution in [0.15, 0.2) is 0 Å². The van der Waals surface area contributed by atoms with Crippen molar-refractivity contribution in [1.82, 2.24) is 4.90 Å². The molecule has 0 aromatic rings. The van der Waals surface area contributed by atoms with Gasteiger partial charge in [-0.05, 0) is 32.6 Å². The molecule has 112 valence electrons. The van der Waals surface area contributed by atoms with Crippen molar-refractivity contribution in [3.05, 3.63) is 0 Å². The van der Waals surface area contributed by atoms with Crippen molar-refractivity contribution in [1.29, 1.82) is 0 Å². The van der Waals surface area contributed by atoms with Gasteiger partial charge in [0, 0.05) is 14.2 Å². The summed E-state index contributed by atoms with van der Waals surface area (Å²) < 4.78 is 10.7. The van der Waals surface area contributed by atoms with Gasteiger partial charge in [0.15, 0.2) is 0 Å². The fourth-order valence-corrected chi connectivity index (χ4v) is 3.07. The van der Waals surface area contributed by atoms with E-state index < -0.39 is 33.0 Å². The molecule has 0 heterocycles. The van der Waals surface area contributed by atoms with E-state index in [0.717, 1.165) is 6.04 Å². The van der Waals surface area contributed by atoms with E-state index in [2.05, 4.69) is 0 Å². The van der Waals surface area contributed by atoms with Crippen LogP contribution in [0.1, 0.15) is 12.8 Å². The molecular formula is C11H23NO6Si. The number of nitrogens with zero attached hydrogens (tertiary/aromatic N) is 1. The second kappa shape index (κ2) is 8.26. The average molecular weight is 293 g/mol. The van der Waals surface area contributed by atoms with Crippen molar-refractivity contribution < 1.29 is 28.7 Å². The van der Waals surface area contributed by atoms with Crippen LogP contribution in [0.4, 0.5) is 0 Å². The summed E-state index contributed by atoms with van der Waals surface area (Å²) in [4.78, 5) is 23.2. The van der Waals surface area contributed by atoms with E-state index >= 15 is 0 Å². The molecule has 8 heteroatoms. The summed E-state index contributed by atoms with van der Waals surface area (Å²) in [6, 6.07) is -0.278. The van der Waals surface area contributed by atoms with Crippen LogP contribution in [0.2, 0.25) is 12.6 Å². The van der Waals surface area contributed by atoms with E-state index in [0.29, 0.717) is 13.0 Å². The standard InChI is InChI=1S/C11H23NO6Si/c1-12(9(11(15)16)8-10(13)14)6-5-7-19(4,17-2)18-3/h9H,5-8H2,1-4H3,(H,13,14)(H,15,16). The molecule has 19 heavy (non-hydrogen) atoms. The maximum atomic E-state index is 11.0. The monoisotopic (exact) mass is 293 g/mol. The van der Waals surface area contributed by atoms with Crippen molar-refractivity contribution in [2.75, 3.05) is 27.8 Å². The molecule has 0 aromatic carbocycles. The Bertz CT molecular complexity index is 308. The maximum absolute atomic E-state index is 11.0. The Labute approximate surface area is 114 Å². The Hall–Kier alpha value is -0.963. The van der Waals surface area contributed by atoms with Crippen LogP contribution in [-0.2, 0) is 18.4 Å². The third kappa shape index (κ3) is 6.67. The summed E-state index contributed by atoms with van der Waals surface area (Å²) in [5.74, 6) is -2.24. The molecule has 0 rings (SSSR count). The zero-order chi connectivity index (χ0) is 15.1. The van der Waals surface area contributed by atoms with Gasteiger partial charge < -0.3 is 19.1 Å². The number of likely N-dealkylation sites (N-methyl/N-ethyl adjacent to an activating group) is 1. The van der Waals surface area contributed by atoms with Crippen molar-refractivity contribution in [2.45, 2.75) is 31.5 Å². The van der Waals surface area contributed by atoms with Gasteiger partial charge in [-0.1, -0.05) is 0 Å². The number of rotatable bonds is 10. The van der Waals surface area contributed by atoms with Crippen LogP contribution in [0.5, 0.6) is 0 Å². The van der Waals surface area contributed by atoms with E-state index in [1.165, 1.54) is 4.90 Å². The molecule has 0 aliphatic carbocycles. The van der Waals surface area contributed by atoms with Crippen molar-refractivity contribution >= 4 is 20.5 Å². The van der Waals surface area contributed by atoms with E-state index in [9.17, 15) is 9.59 Å². The third-order valence-corrected chi connectivity index (χ3v) is 6.18. The number of carboxylic acid groups (broad SMARTS) is 2. The molecule has 0 bridgehead atoms. The Morgan fingerprint density at radius 1 is 1.26 bits per heavy atom. The lowest BCUT2D eigenvalue weighted by Gasteiger charge is -2.26. The first-order chi connectivity index (χ1) is 8.75. The van der Waals surface area contributed by atoms with Gasteiger partial charge in [-0.3, -0.25) is 14.5 Å². The highest BCUT2D eigenvalue weighted by Crippen LogP contribution is 2.15. The second-order valence-electron chi connectivity index (χ2n) is 4.58.